The highest BCUT2D eigenvalue weighted by Crippen LogP contribution is 2.16. The molecule has 0 fully saturated rings. The van der Waals surface area contributed by atoms with E-state index >= 15 is 0 Å². The highest BCUT2D eigenvalue weighted by molar-refractivity contribution is 7.08. The molecular weight excluding hydrogens is 152 g/mol. The van der Waals surface area contributed by atoms with Gasteiger partial charge in [0.15, 0.2) is 5.38 Å². The van der Waals surface area contributed by atoms with E-state index < -0.39 is 0 Å². The van der Waals surface area contributed by atoms with Crippen LogP contribution in [0.3, 0.4) is 0 Å². The maximum Gasteiger partial charge on any atom is 0.212 e. The maximum absolute atomic E-state index is 2.21. The quantitative estimate of drug-likeness (QED) is 0.519. The molecule has 0 atom stereocenters. The normalized spacial score (nSPS) is 10.3. The minimum absolute atomic E-state index is 1.33. The predicted molar refractivity (Wildman–Crippen MR) is 51.0 cm³/mol. The molecular formula is C10H9S+. The van der Waals surface area contributed by atoms with Crippen molar-refractivity contribution in [3.63, 3.8) is 0 Å². The summed E-state index contributed by atoms with van der Waals surface area (Å²) < 4.78 is 0. The summed E-state index contributed by atoms with van der Waals surface area (Å²) >= 11 is 1.74. The Labute approximate surface area is 70.1 Å². The molecule has 2 rings (SSSR count). The van der Waals surface area contributed by atoms with E-state index in [-0.39, 0.29) is 0 Å². The first-order valence-corrected chi connectivity index (χ1v) is 4.56. The molecule has 1 heterocycles. The Morgan fingerprint density at radius 3 is 2.91 bits per heavy atom. The molecule has 0 radical (unpaired) electrons. The first kappa shape index (κ1) is 6.74. The van der Waals surface area contributed by atoms with Crippen LogP contribution in [0.15, 0.2) is 35.0 Å². The van der Waals surface area contributed by atoms with Crippen molar-refractivity contribution in [1.29, 1.82) is 0 Å². The van der Waals surface area contributed by atoms with Crippen LogP contribution in [0.25, 0.3) is 10.8 Å². The van der Waals surface area contributed by atoms with Gasteiger partial charge in [-0.25, -0.2) is 0 Å². The summed E-state index contributed by atoms with van der Waals surface area (Å²) in [6.07, 6.45) is 0. The van der Waals surface area contributed by atoms with Crippen LogP contribution in [0.2, 0.25) is 0 Å². The van der Waals surface area contributed by atoms with Crippen molar-refractivity contribution in [1.82, 2.24) is 0 Å². The predicted octanol–water partition coefficient (Wildman–Crippen LogP) is 3.49. The second kappa shape index (κ2) is 2.59. The Hall–Kier alpha value is -0.950. The van der Waals surface area contributed by atoms with E-state index in [1.807, 2.05) is 0 Å². The minimum Gasteiger partial charge on any atom is -0.0587 e. The lowest BCUT2D eigenvalue weighted by Crippen LogP contribution is -1.71. The molecule has 1 aromatic carbocycles. The molecule has 2 aromatic rings. The largest absolute Gasteiger partial charge is 0.212 e. The number of hydrogen-bond donors (Lipinski definition) is 0. The molecule has 0 saturated carbocycles. The fourth-order valence-corrected chi connectivity index (χ4v) is 1.83. The van der Waals surface area contributed by atoms with E-state index in [1.165, 1.54) is 16.3 Å². The van der Waals surface area contributed by atoms with E-state index in [0.717, 1.165) is 0 Å². The number of rotatable bonds is 0. The monoisotopic (exact) mass is 161 g/mol. The Balaban J connectivity index is 2.83. The maximum atomic E-state index is 2.21. The topological polar surface area (TPSA) is 0 Å². The average molecular weight is 161 g/mol. The van der Waals surface area contributed by atoms with Gasteiger partial charge in [-0.3, -0.25) is 0 Å². The molecule has 0 saturated heterocycles. The van der Waals surface area contributed by atoms with Gasteiger partial charge < -0.3 is 0 Å². The lowest BCUT2D eigenvalue weighted by Gasteiger charge is -1.92. The van der Waals surface area contributed by atoms with Crippen LogP contribution < -0.4 is 0 Å². The van der Waals surface area contributed by atoms with Crippen molar-refractivity contribution in [3.05, 3.63) is 40.6 Å². The van der Waals surface area contributed by atoms with Crippen LogP contribution in [0, 0.1) is 6.92 Å². The van der Waals surface area contributed by atoms with Gasteiger partial charge in [-0.2, -0.15) is 0 Å². The van der Waals surface area contributed by atoms with Gasteiger partial charge in [-0.15, -0.1) is 0 Å². The summed E-state index contributed by atoms with van der Waals surface area (Å²) in [5.41, 5.74) is 1.33. The second-order valence-corrected chi connectivity index (χ2v) is 3.47. The highest BCUT2D eigenvalue weighted by Gasteiger charge is 1.96. The molecule has 0 unspecified atom stereocenters. The molecule has 1 heteroatoms. The van der Waals surface area contributed by atoms with E-state index in [4.69, 9.17) is 0 Å². The molecule has 54 valence electrons. The van der Waals surface area contributed by atoms with Crippen molar-refractivity contribution in [2.45, 2.75) is 6.92 Å². The third kappa shape index (κ3) is 1.24. The first-order valence-electron chi connectivity index (χ1n) is 3.62. The zero-order valence-electron chi connectivity index (χ0n) is 6.37. The minimum atomic E-state index is 1.33. The van der Waals surface area contributed by atoms with Crippen molar-refractivity contribution in [3.8, 4) is 0 Å². The summed E-state index contributed by atoms with van der Waals surface area (Å²) in [4.78, 5) is 0. The van der Waals surface area contributed by atoms with Crippen LogP contribution in [0.4, 0.5) is 0 Å². The molecule has 0 spiro atoms. The fraction of sp³-hybridized carbons (Fsp3) is 0.100. The number of benzene rings is 1. The lowest BCUT2D eigenvalue weighted by atomic mass is 10.1. The van der Waals surface area contributed by atoms with Gasteiger partial charge in [0, 0.05) is 11.5 Å². The summed E-state index contributed by atoms with van der Waals surface area (Å²) in [5.74, 6) is 0. The number of fused-ring (bicyclic) bond motifs is 1. The van der Waals surface area contributed by atoms with Gasteiger partial charge in [0.2, 0.25) is 16.7 Å². The van der Waals surface area contributed by atoms with E-state index in [2.05, 4.69) is 41.9 Å². The number of hydrogen-bond acceptors (Lipinski definition) is 0. The standard InChI is InChI=1S/C10H9S/c1-8-2-3-9-4-5-11-7-10(9)6-8/h2-7H,1H3/q+1. The Bertz CT molecular complexity index is 379. The van der Waals surface area contributed by atoms with Gasteiger partial charge in [0.1, 0.15) is 0 Å². The molecule has 11 heavy (non-hydrogen) atoms. The molecule has 0 N–H and O–H groups in total. The molecule has 1 aromatic heterocycles. The van der Waals surface area contributed by atoms with Crippen LogP contribution in [-0.4, -0.2) is 0 Å². The first-order chi connectivity index (χ1) is 5.36. The zero-order valence-corrected chi connectivity index (χ0v) is 7.19. The molecule has 0 amide bonds. The molecule has 0 nitrogen and oxygen atoms in total. The van der Waals surface area contributed by atoms with Crippen LogP contribution in [0.1, 0.15) is 5.56 Å². The second-order valence-electron chi connectivity index (χ2n) is 2.69. The van der Waals surface area contributed by atoms with E-state index in [1.54, 1.807) is 11.3 Å². The third-order valence-corrected chi connectivity index (χ3v) is 2.45. The lowest BCUT2D eigenvalue weighted by molar-refractivity contribution is 1.51. The van der Waals surface area contributed by atoms with Gasteiger partial charge in [-0.05, 0) is 18.4 Å². The highest BCUT2D eigenvalue weighted by atomic mass is 32.1. The van der Waals surface area contributed by atoms with E-state index in [9.17, 15) is 0 Å². The van der Waals surface area contributed by atoms with E-state index in [0.29, 0.717) is 0 Å². The van der Waals surface area contributed by atoms with Crippen molar-refractivity contribution in [2.24, 2.45) is 0 Å². The molecule has 0 aliphatic heterocycles. The van der Waals surface area contributed by atoms with Crippen LogP contribution in [-0.2, 0) is 0 Å². The molecule has 0 bridgehead atoms. The summed E-state index contributed by atoms with van der Waals surface area (Å²) in [6.45, 7) is 2.12. The summed E-state index contributed by atoms with van der Waals surface area (Å²) in [5, 5.41) is 6.96. The van der Waals surface area contributed by atoms with Gasteiger partial charge in [-0.1, -0.05) is 17.7 Å². The summed E-state index contributed by atoms with van der Waals surface area (Å²) in [6, 6.07) is 8.68. The third-order valence-electron chi connectivity index (χ3n) is 1.76. The van der Waals surface area contributed by atoms with Crippen LogP contribution >= 0.6 is 11.3 Å². The zero-order chi connectivity index (χ0) is 7.68. The average Bonchev–Trinajstić information content (AvgIpc) is 2.04. The van der Waals surface area contributed by atoms with Crippen molar-refractivity contribution < 1.29 is 0 Å². The summed E-state index contributed by atoms with van der Waals surface area (Å²) in [7, 11) is 0. The molecule has 0 aliphatic rings. The SMILES string of the molecule is Cc1ccc2cc[s+]cc2c1. The van der Waals surface area contributed by atoms with Gasteiger partial charge in [0.05, 0.1) is 0 Å². The van der Waals surface area contributed by atoms with Gasteiger partial charge >= 0.3 is 0 Å². The fourth-order valence-electron chi connectivity index (χ4n) is 1.17. The van der Waals surface area contributed by atoms with Crippen LogP contribution in [0.5, 0.6) is 0 Å². The van der Waals surface area contributed by atoms with Crippen molar-refractivity contribution in [2.75, 3.05) is 0 Å². The van der Waals surface area contributed by atoms with Crippen molar-refractivity contribution >= 4 is 22.1 Å². The smallest absolute Gasteiger partial charge is 0.0587 e. The Kier molecular flexibility index (Phi) is 1.59. The van der Waals surface area contributed by atoms with Gasteiger partial charge in [0.25, 0.3) is 0 Å². The Morgan fingerprint density at radius 2 is 2.00 bits per heavy atom. The number of aryl methyl sites for hydroxylation is 1. The Morgan fingerprint density at radius 1 is 1.09 bits per heavy atom. The molecule has 0 aliphatic carbocycles.